The van der Waals surface area contributed by atoms with E-state index in [1.165, 1.54) is 5.56 Å². The van der Waals surface area contributed by atoms with Crippen molar-refractivity contribution in [3.05, 3.63) is 65.5 Å². The Morgan fingerprint density at radius 1 is 0.944 bits per heavy atom. The third kappa shape index (κ3) is 2.77. The smallest absolute Gasteiger partial charge is 0.0552 e. The zero-order valence-electron chi connectivity index (χ0n) is 11.0. The van der Waals surface area contributed by atoms with Crippen LogP contribution in [0.5, 0.6) is 0 Å². The molecular weight excluding hydrogens is 220 g/mol. The number of hydrogen-bond acceptors (Lipinski definition) is 2. The van der Waals surface area contributed by atoms with Crippen LogP contribution in [0, 0.1) is 0 Å². The molecule has 2 unspecified atom stereocenters. The van der Waals surface area contributed by atoms with Crippen LogP contribution >= 0.6 is 0 Å². The molecule has 1 aromatic heterocycles. The molecule has 0 aliphatic heterocycles. The van der Waals surface area contributed by atoms with Gasteiger partial charge in [0.05, 0.1) is 6.04 Å². The van der Waals surface area contributed by atoms with Gasteiger partial charge in [-0.15, -0.1) is 0 Å². The minimum Gasteiger partial charge on any atom is -0.320 e. The highest BCUT2D eigenvalue weighted by Crippen LogP contribution is 2.23. The predicted molar refractivity (Wildman–Crippen MR) is 75.4 cm³/mol. The zero-order chi connectivity index (χ0) is 13.0. The standard InChI is InChI=1S/C16H20N2/c1-3-12(2)13-4-6-14(7-5-13)16(17)15-8-10-18-11-9-15/h4-12,16H,3,17H2,1-2H3. The molecule has 2 N–H and O–H groups in total. The van der Waals surface area contributed by atoms with E-state index in [1.807, 2.05) is 12.1 Å². The summed E-state index contributed by atoms with van der Waals surface area (Å²) < 4.78 is 0. The Kier molecular flexibility index (Phi) is 4.11. The van der Waals surface area contributed by atoms with Gasteiger partial charge in [-0.1, -0.05) is 38.1 Å². The lowest BCUT2D eigenvalue weighted by molar-refractivity contribution is 0.732. The van der Waals surface area contributed by atoms with Crippen molar-refractivity contribution >= 4 is 0 Å². The fourth-order valence-corrected chi connectivity index (χ4v) is 2.03. The number of benzene rings is 1. The van der Waals surface area contributed by atoms with Gasteiger partial charge in [-0.3, -0.25) is 4.98 Å². The molecule has 1 heterocycles. The van der Waals surface area contributed by atoms with Crippen molar-refractivity contribution in [2.24, 2.45) is 5.73 Å². The number of rotatable bonds is 4. The molecule has 0 fully saturated rings. The molecule has 0 amide bonds. The van der Waals surface area contributed by atoms with E-state index in [4.69, 9.17) is 5.73 Å². The summed E-state index contributed by atoms with van der Waals surface area (Å²) in [5, 5.41) is 0. The van der Waals surface area contributed by atoms with Crippen molar-refractivity contribution in [2.45, 2.75) is 32.2 Å². The van der Waals surface area contributed by atoms with Crippen LogP contribution in [0.25, 0.3) is 0 Å². The van der Waals surface area contributed by atoms with Crippen LogP contribution in [-0.2, 0) is 0 Å². The molecule has 2 nitrogen and oxygen atoms in total. The molecule has 0 spiro atoms. The number of pyridine rings is 1. The van der Waals surface area contributed by atoms with Gasteiger partial charge in [0, 0.05) is 12.4 Å². The van der Waals surface area contributed by atoms with E-state index < -0.39 is 0 Å². The summed E-state index contributed by atoms with van der Waals surface area (Å²) in [6, 6.07) is 12.5. The molecule has 2 aromatic rings. The Morgan fingerprint density at radius 3 is 2.00 bits per heavy atom. The summed E-state index contributed by atoms with van der Waals surface area (Å²) in [5.41, 5.74) is 9.87. The molecular formula is C16H20N2. The van der Waals surface area contributed by atoms with Gasteiger partial charge in [-0.25, -0.2) is 0 Å². The lowest BCUT2D eigenvalue weighted by Crippen LogP contribution is -2.11. The fraction of sp³-hybridized carbons (Fsp3) is 0.312. The molecule has 2 rings (SSSR count). The maximum atomic E-state index is 6.25. The Labute approximate surface area is 109 Å². The highest BCUT2D eigenvalue weighted by atomic mass is 14.7. The van der Waals surface area contributed by atoms with E-state index in [1.54, 1.807) is 12.4 Å². The SMILES string of the molecule is CCC(C)c1ccc(C(N)c2ccncc2)cc1. The van der Waals surface area contributed by atoms with Crippen LogP contribution in [0.15, 0.2) is 48.8 Å². The molecule has 0 radical (unpaired) electrons. The average molecular weight is 240 g/mol. The largest absolute Gasteiger partial charge is 0.320 e. The summed E-state index contributed by atoms with van der Waals surface area (Å²) in [7, 11) is 0. The van der Waals surface area contributed by atoms with Crippen molar-refractivity contribution < 1.29 is 0 Å². The second kappa shape index (κ2) is 5.78. The van der Waals surface area contributed by atoms with E-state index in [-0.39, 0.29) is 6.04 Å². The summed E-state index contributed by atoms with van der Waals surface area (Å²) in [5.74, 6) is 0.608. The first-order chi connectivity index (χ1) is 8.72. The van der Waals surface area contributed by atoms with Crippen LogP contribution in [0.1, 0.15) is 48.9 Å². The monoisotopic (exact) mass is 240 g/mol. The molecule has 2 atom stereocenters. The minimum absolute atomic E-state index is 0.0704. The Balaban J connectivity index is 2.19. The molecule has 0 saturated heterocycles. The molecule has 0 aliphatic carbocycles. The molecule has 18 heavy (non-hydrogen) atoms. The summed E-state index contributed by atoms with van der Waals surface area (Å²) in [6.45, 7) is 4.46. The normalized spacial score (nSPS) is 14.2. The van der Waals surface area contributed by atoms with E-state index in [0.29, 0.717) is 5.92 Å². The fourth-order valence-electron chi connectivity index (χ4n) is 2.03. The van der Waals surface area contributed by atoms with Gasteiger partial charge in [0.25, 0.3) is 0 Å². The van der Waals surface area contributed by atoms with Crippen molar-refractivity contribution in [1.29, 1.82) is 0 Å². The van der Waals surface area contributed by atoms with Crippen LogP contribution in [0.4, 0.5) is 0 Å². The van der Waals surface area contributed by atoms with Crippen LogP contribution in [-0.4, -0.2) is 4.98 Å². The average Bonchev–Trinajstić information content (AvgIpc) is 2.47. The summed E-state index contributed by atoms with van der Waals surface area (Å²) in [4.78, 5) is 4.01. The second-order valence-corrected chi connectivity index (χ2v) is 4.73. The van der Waals surface area contributed by atoms with Crippen molar-refractivity contribution in [2.75, 3.05) is 0 Å². The molecule has 1 aromatic carbocycles. The van der Waals surface area contributed by atoms with Crippen LogP contribution in [0.3, 0.4) is 0 Å². The van der Waals surface area contributed by atoms with E-state index in [0.717, 1.165) is 17.5 Å². The topological polar surface area (TPSA) is 38.9 Å². The first-order valence-electron chi connectivity index (χ1n) is 6.47. The first kappa shape index (κ1) is 12.8. The zero-order valence-corrected chi connectivity index (χ0v) is 11.0. The van der Waals surface area contributed by atoms with Gasteiger partial charge in [0.1, 0.15) is 0 Å². The van der Waals surface area contributed by atoms with E-state index >= 15 is 0 Å². The highest BCUT2D eigenvalue weighted by molar-refractivity contribution is 5.33. The number of nitrogens with zero attached hydrogens (tertiary/aromatic N) is 1. The van der Waals surface area contributed by atoms with Crippen molar-refractivity contribution in [1.82, 2.24) is 4.98 Å². The van der Waals surface area contributed by atoms with Crippen LogP contribution < -0.4 is 5.73 Å². The molecule has 94 valence electrons. The summed E-state index contributed by atoms with van der Waals surface area (Å²) in [6.07, 6.45) is 4.72. The van der Waals surface area contributed by atoms with Gasteiger partial charge in [0.2, 0.25) is 0 Å². The first-order valence-corrected chi connectivity index (χ1v) is 6.47. The number of aromatic nitrogens is 1. The number of nitrogens with two attached hydrogens (primary N) is 1. The second-order valence-electron chi connectivity index (χ2n) is 4.73. The van der Waals surface area contributed by atoms with E-state index in [9.17, 15) is 0 Å². The molecule has 0 saturated carbocycles. The number of hydrogen-bond donors (Lipinski definition) is 1. The molecule has 2 heteroatoms. The maximum Gasteiger partial charge on any atom is 0.0552 e. The molecule has 0 aliphatic rings. The van der Waals surface area contributed by atoms with Crippen LogP contribution in [0.2, 0.25) is 0 Å². The van der Waals surface area contributed by atoms with Gasteiger partial charge < -0.3 is 5.73 Å². The Bertz CT molecular complexity index is 476. The third-order valence-corrected chi connectivity index (χ3v) is 3.54. The Morgan fingerprint density at radius 2 is 1.44 bits per heavy atom. The molecule has 0 bridgehead atoms. The van der Waals surface area contributed by atoms with Gasteiger partial charge in [-0.05, 0) is 41.2 Å². The predicted octanol–water partition coefficient (Wildman–Crippen LogP) is 3.64. The third-order valence-electron chi connectivity index (χ3n) is 3.54. The quantitative estimate of drug-likeness (QED) is 0.886. The van der Waals surface area contributed by atoms with Gasteiger partial charge in [0.15, 0.2) is 0 Å². The van der Waals surface area contributed by atoms with Gasteiger partial charge >= 0.3 is 0 Å². The summed E-state index contributed by atoms with van der Waals surface area (Å²) >= 11 is 0. The maximum absolute atomic E-state index is 6.25. The minimum atomic E-state index is -0.0704. The highest BCUT2D eigenvalue weighted by Gasteiger charge is 2.09. The lowest BCUT2D eigenvalue weighted by Gasteiger charge is -2.14. The van der Waals surface area contributed by atoms with Crippen molar-refractivity contribution in [3.63, 3.8) is 0 Å². The van der Waals surface area contributed by atoms with Crippen molar-refractivity contribution in [3.8, 4) is 0 Å². The van der Waals surface area contributed by atoms with E-state index in [2.05, 4.69) is 43.1 Å². The Hall–Kier alpha value is -1.67. The lowest BCUT2D eigenvalue weighted by atomic mass is 9.94. The van der Waals surface area contributed by atoms with Gasteiger partial charge in [-0.2, -0.15) is 0 Å².